The molecule has 0 radical (unpaired) electrons. The smallest absolute Gasteiger partial charge is 0.332 e. The number of hydrogen-bond donors (Lipinski definition) is 3. The van der Waals surface area contributed by atoms with E-state index in [2.05, 4.69) is 15.6 Å². The van der Waals surface area contributed by atoms with E-state index in [4.69, 9.17) is 5.11 Å². The SMILES string of the molecule is O=C(O)C(Nc1ccccc1F)c1cn(CCO)nn1. The summed E-state index contributed by atoms with van der Waals surface area (Å²) in [5.41, 5.74) is 0.200. The van der Waals surface area contributed by atoms with Gasteiger partial charge in [0.15, 0.2) is 6.04 Å². The van der Waals surface area contributed by atoms with Crippen molar-refractivity contribution >= 4 is 11.7 Å². The van der Waals surface area contributed by atoms with Crippen molar-refractivity contribution in [2.24, 2.45) is 0 Å². The second kappa shape index (κ2) is 6.11. The molecule has 0 saturated carbocycles. The summed E-state index contributed by atoms with van der Waals surface area (Å²) in [7, 11) is 0. The van der Waals surface area contributed by atoms with Crippen LogP contribution < -0.4 is 5.32 Å². The lowest BCUT2D eigenvalue weighted by Gasteiger charge is -2.13. The molecule has 0 aliphatic rings. The quantitative estimate of drug-likeness (QED) is 0.718. The normalized spacial score (nSPS) is 12.1. The molecule has 20 heavy (non-hydrogen) atoms. The summed E-state index contributed by atoms with van der Waals surface area (Å²) in [5, 5.41) is 28.0. The third-order valence-corrected chi connectivity index (χ3v) is 2.60. The molecule has 1 atom stereocenters. The molecule has 1 aromatic carbocycles. The van der Waals surface area contributed by atoms with Gasteiger partial charge < -0.3 is 15.5 Å². The van der Waals surface area contributed by atoms with Gasteiger partial charge in [-0.25, -0.2) is 13.9 Å². The molecule has 0 saturated heterocycles. The fourth-order valence-electron chi connectivity index (χ4n) is 1.65. The first-order valence-corrected chi connectivity index (χ1v) is 5.86. The lowest BCUT2D eigenvalue weighted by atomic mass is 10.2. The van der Waals surface area contributed by atoms with Gasteiger partial charge in [0, 0.05) is 0 Å². The van der Waals surface area contributed by atoms with Crippen molar-refractivity contribution in [2.45, 2.75) is 12.6 Å². The standard InChI is InChI=1S/C12H13FN4O3/c13-8-3-1-2-4-9(8)14-11(12(19)20)10-7-17(5-6-18)16-15-10/h1-4,7,11,14,18H,5-6H2,(H,19,20). The molecule has 2 aromatic rings. The van der Waals surface area contributed by atoms with Crippen LogP contribution in [0.25, 0.3) is 0 Å². The number of hydrogen-bond acceptors (Lipinski definition) is 5. The minimum atomic E-state index is -1.22. The summed E-state index contributed by atoms with van der Waals surface area (Å²) in [6.45, 7) is 0.0698. The van der Waals surface area contributed by atoms with Crippen LogP contribution in [0.1, 0.15) is 11.7 Å². The number of rotatable bonds is 6. The number of benzene rings is 1. The van der Waals surface area contributed by atoms with Crippen LogP contribution in [0, 0.1) is 5.82 Å². The Morgan fingerprint density at radius 3 is 2.85 bits per heavy atom. The second-order valence-electron chi connectivity index (χ2n) is 4.03. The fourth-order valence-corrected chi connectivity index (χ4v) is 1.65. The Labute approximate surface area is 113 Å². The zero-order chi connectivity index (χ0) is 14.5. The average molecular weight is 280 g/mol. The first kappa shape index (κ1) is 13.9. The molecule has 106 valence electrons. The molecule has 0 aliphatic heterocycles. The predicted molar refractivity (Wildman–Crippen MR) is 67.5 cm³/mol. The molecule has 0 aliphatic carbocycles. The zero-order valence-electron chi connectivity index (χ0n) is 10.4. The maximum absolute atomic E-state index is 13.5. The Morgan fingerprint density at radius 2 is 2.20 bits per heavy atom. The number of para-hydroxylation sites is 1. The Kier molecular flexibility index (Phi) is 4.26. The van der Waals surface area contributed by atoms with Crippen molar-refractivity contribution in [3.8, 4) is 0 Å². The predicted octanol–water partition coefficient (Wildman–Crippen LogP) is 0.647. The number of halogens is 1. The second-order valence-corrected chi connectivity index (χ2v) is 4.03. The Bertz CT molecular complexity index is 602. The molecule has 3 N–H and O–H groups in total. The monoisotopic (exact) mass is 280 g/mol. The number of aromatic nitrogens is 3. The van der Waals surface area contributed by atoms with E-state index in [1.54, 1.807) is 6.07 Å². The molecule has 0 bridgehead atoms. The van der Waals surface area contributed by atoms with Crippen LogP contribution in [0.4, 0.5) is 10.1 Å². The summed E-state index contributed by atoms with van der Waals surface area (Å²) < 4.78 is 14.8. The number of carbonyl (C=O) groups is 1. The van der Waals surface area contributed by atoms with Gasteiger partial charge in [-0.1, -0.05) is 17.3 Å². The van der Waals surface area contributed by atoms with E-state index in [1.807, 2.05) is 0 Å². The van der Waals surface area contributed by atoms with Gasteiger partial charge in [0.1, 0.15) is 11.5 Å². The molecular weight excluding hydrogens is 267 g/mol. The largest absolute Gasteiger partial charge is 0.479 e. The van der Waals surface area contributed by atoms with Crippen LogP contribution in [0.2, 0.25) is 0 Å². The number of carboxylic acids is 1. The van der Waals surface area contributed by atoms with Crippen molar-refractivity contribution in [3.05, 3.63) is 42.0 Å². The van der Waals surface area contributed by atoms with Crippen LogP contribution in [0.15, 0.2) is 30.5 Å². The lowest BCUT2D eigenvalue weighted by Crippen LogP contribution is -2.21. The molecule has 1 aromatic heterocycles. The third-order valence-electron chi connectivity index (χ3n) is 2.60. The lowest BCUT2D eigenvalue weighted by molar-refractivity contribution is -0.138. The highest BCUT2D eigenvalue weighted by Gasteiger charge is 2.24. The number of aliphatic carboxylic acids is 1. The zero-order valence-corrected chi connectivity index (χ0v) is 10.4. The molecule has 0 fully saturated rings. The fraction of sp³-hybridized carbons (Fsp3) is 0.250. The molecule has 7 nitrogen and oxygen atoms in total. The van der Waals surface area contributed by atoms with Crippen LogP contribution >= 0.6 is 0 Å². The highest BCUT2D eigenvalue weighted by atomic mass is 19.1. The minimum absolute atomic E-state index is 0.0663. The molecule has 2 rings (SSSR count). The van der Waals surface area contributed by atoms with Gasteiger partial charge in [-0.2, -0.15) is 0 Å². The van der Waals surface area contributed by atoms with Crippen LogP contribution in [-0.2, 0) is 11.3 Å². The van der Waals surface area contributed by atoms with Gasteiger partial charge in [-0.05, 0) is 12.1 Å². The highest BCUT2D eigenvalue weighted by Crippen LogP contribution is 2.20. The molecule has 8 heteroatoms. The van der Waals surface area contributed by atoms with Crippen LogP contribution in [0.5, 0.6) is 0 Å². The van der Waals surface area contributed by atoms with Gasteiger partial charge in [-0.3, -0.25) is 0 Å². The molecule has 0 spiro atoms. The summed E-state index contributed by atoms with van der Waals surface area (Å²) in [6.07, 6.45) is 1.39. The number of anilines is 1. The van der Waals surface area contributed by atoms with Crippen LogP contribution in [0.3, 0.4) is 0 Å². The number of aliphatic hydroxyl groups is 1. The summed E-state index contributed by atoms with van der Waals surface area (Å²) in [6, 6.07) is 4.54. The van der Waals surface area contributed by atoms with E-state index in [1.165, 1.54) is 29.1 Å². The van der Waals surface area contributed by atoms with Gasteiger partial charge in [0.2, 0.25) is 0 Å². The van der Waals surface area contributed by atoms with E-state index < -0.39 is 17.8 Å². The van der Waals surface area contributed by atoms with E-state index in [0.29, 0.717) is 0 Å². The van der Waals surface area contributed by atoms with Crippen molar-refractivity contribution in [2.75, 3.05) is 11.9 Å². The highest BCUT2D eigenvalue weighted by molar-refractivity contribution is 5.78. The summed E-state index contributed by atoms with van der Waals surface area (Å²) in [5.74, 6) is -1.76. The number of nitrogens with zero attached hydrogens (tertiary/aromatic N) is 3. The minimum Gasteiger partial charge on any atom is -0.479 e. The number of carboxylic acid groups (broad SMARTS) is 1. The number of nitrogens with one attached hydrogen (secondary N) is 1. The van der Waals surface area contributed by atoms with E-state index in [-0.39, 0.29) is 24.5 Å². The molecule has 1 heterocycles. The maximum atomic E-state index is 13.5. The van der Waals surface area contributed by atoms with Gasteiger partial charge in [-0.15, -0.1) is 5.10 Å². The third kappa shape index (κ3) is 3.09. The van der Waals surface area contributed by atoms with E-state index in [0.717, 1.165) is 0 Å². The molecule has 1 unspecified atom stereocenters. The maximum Gasteiger partial charge on any atom is 0.332 e. The van der Waals surface area contributed by atoms with E-state index >= 15 is 0 Å². The van der Waals surface area contributed by atoms with Gasteiger partial charge in [0.25, 0.3) is 0 Å². The van der Waals surface area contributed by atoms with E-state index in [9.17, 15) is 14.3 Å². The first-order valence-electron chi connectivity index (χ1n) is 5.86. The van der Waals surface area contributed by atoms with Gasteiger partial charge >= 0.3 is 5.97 Å². The Morgan fingerprint density at radius 1 is 1.45 bits per heavy atom. The Balaban J connectivity index is 2.23. The van der Waals surface area contributed by atoms with Crippen molar-refractivity contribution in [1.82, 2.24) is 15.0 Å². The van der Waals surface area contributed by atoms with Crippen molar-refractivity contribution < 1.29 is 19.4 Å². The summed E-state index contributed by atoms with van der Waals surface area (Å²) >= 11 is 0. The summed E-state index contributed by atoms with van der Waals surface area (Å²) in [4.78, 5) is 11.3. The average Bonchev–Trinajstić information content (AvgIpc) is 2.86. The topological polar surface area (TPSA) is 100 Å². The first-order chi connectivity index (χ1) is 9.61. The van der Waals surface area contributed by atoms with Gasteiger partial charge in [0.05, 0.1) is 25.0 Å². The van der Waals surface area contributed by atoms with Crippen LogP contribution in [-0.4, -0.2) is 37.8 Å². The van der Waals surface area contributed by atoms with Crippen molar-refractivity contribution in [3.63, 3.8) is 0 Å². The Hall–Kier alpha value is -2.48. The molecular formula is C12H13FN4O3. The number of aliphatic hydroxyl groups excluding tert-OH is 1. The molecule has 0 amide bonds. The van der Waals surface area contributed by atoms with Crippen molar-refractivity contribution in [1.29, 1.82) is 0 Å².